The summed E-state index contributed by atoms with van der Waals surface area (Å²) in [6.07, 6.45) is 0. The van der Waals surface area contributed by atoms with Gasteiger partial charge in [0.25, 0.3) is 0 Å². The third kappa shape index (κ3) is 4.04. The normalized spacial score (nSPS) is 9.19. The first kappa shape index (κ1) is 14.7. The van der Waals surface area contributed by atoms with Gasteiger partial charge in [0, 0.05) is 6.07 Å². The number of amides is 1. The van der Waals surface area contributed by atoms with Gasteiger partial charge in [0.1, 0.15) is 11.6 Å². The molecule has 90 valence electrons. The van der Waals surface area contributed by atoms with E-state index in [1.165, 1.54) is 18.2 Å². The van der Waals surface area contributed by atoms with Crippen molar-refractivity contribution in [3.63, 3.8) is 0 Å². The van der Waals surface area contributed by atoms with Crippen LogP contribution in [-0.4, -0.2) is 19.1 Å². The molecule has 1 amide bonds. The fourth-order valence-electron chi connectivity index (χ4n) is 1.08. The molecule has 0 bridgehead atoms. The minimum absolute atomic E-state index is 0. The number of ether oxygens (including phenoxy) is 1. The molecule has 0 fully saturated rings. The third-order valence-corrected chi connectivity index (χ3v) is 1.70. The first-order valence-corrected chi connectivity index (χ1v) is 4.59. The highest BCUT2D eigenvalue weighted by atomic mass is 35.5. The third-order valence-electron chi connectivity index (χ3n) is 1.70. The van der Waals surface area contributed by atoms with Crippen LogP contribution in [0.1, 0.15) is 6.92 Å². The molecular weight excluding hydrogens is 235 g/mol. The number of halogens is 2. The summed E-state index contributed by atoms with van der Waals surface area (Å²) >= 11 is 0. The summed E-state index contributed by atoms with van der Waals surface area (Å²) in [4.78, 5) is 11.0. The molecule has 0 unspecified atom stereocenters. The maximum atomic E-state index is 12.9. The second kappa shape index (κ2) is 7.03. The molecule has 1 rings (SSSR count). The Hall–Kier alpha value is -1.33. The molecule has 0 aliphatic heterocycles. The molecule has 0 aliphatic carbocycles. The number of hydrogen-bond donors (Lipinski definition) is 2. The van der Waals surface area contributed by atoms with E-state index in [1.54, 1.807) is 6.92 Å². The summed E-state index contributed by atoms with van der Waals surface area (Å²) in [6, 6.07) is 3.90. The Morgan fingerprint density at radius 1 is 1.56 bits per heavy atom. The van der Waals surface area contributed by atoms with E-state index in [-0.39, 0.29) is 24.9 Å². The Labute approximate surface area is 99.4 Å². The summed E-state index contributed by atoms with van der Waals surface area (Å²) in [5.74, 6) is -0.453. The van der Waals surface area contributed by atoms with Crippen molar-refractivity contribution in [1.29, 1.82) is 0 Å². The zero-order valence-corrected chi connectivity index (χ0v) is 9.64. The quantitative estimate of drug-likeness (QED) is 0.850. The van der Waals surface area contributed by atoms with Crippen molar-refractivity contribution in [3.05, 3.63) is 24.0 Å². The van der Waals surface area contributed by atoms with Crippen LogP contribution in [0.5, 0.6) is 5.75 Å². The van der Waals surface area contributed by atoms with Crippen LogP contribution in [0.2, 0.25) is 0 Å². The monoisotopic (exact) mass is 248 g/mol. The summed E-state index contributed by atoms with van der Waals surface area (Å²) in [5.41, 5.74) is 5.57. The van der Waals surface area contributed by atoms with Crippen molar-refractivity contribution in [2.24, 2.45) is 5.73 Å². The Morgan fingerprint density at radius 3 is 2.81 bits per heavy atom. The topological polar surface area (TPSA) is 64.3 Å². The molecule has 3 N–H and O–H groups in total. The molecule has 0 saturated heterocycles. The maximum absolute atomic E-state index is 12.9. The molecular formula is C10H14ClFN2O2. The van der Waals surface area contributed by atoms with E-state index in [4.69, 9.17) is 10.5 Å². The first-order valence-electron chi connectivity index (χ1n) is 4.59. The highest BCUT2D eigenvalue weighted by molar-refractivity contribution is 5.93. The van der Waals surface area contributed by atoms with Gasteiger partial charge in [-0.1, -0.05) is 0 Å². The van der Waals surface area contributed by atoms with E-state index in [2.05, 4.69) is 5.32 Å². The van der Waals surface area contributed by atoms with Gasteiger partial charge in [0.2, 0.25) is 5.91 Å². The predicted octanol–water partition coefficient (Wildman–Crippen LogP) is 1.54. The lowest BCUT2D eigenvalue weighted by atomic mass is 10.3. The van der Waals surface area contributed by atoms with Crippen molar-refractivity contribution in [2.75, 3.05) is 18.5 Å². The number of benzene rings is 1. The van der Waals surface area contributed by atoms with E-state index in [9.17, 15) is 9.18 Å². The molecule has 1 aromatic carbocycles. The lowest BCUT2D eigenvalue weighted by Gasteiger charge is -2.10. The number of carbonyl (C=O) groups excluding carboxylic acids is 1. The fraction of sp³-hybridized carbons (Fsp3) is 0.300. The molecule has 0 spiro atoms. The summed E-state index contributed by atoms with van der Waals surface area (Å²) in [5, 5.41) is 2.52. The number of nitrogens with one attached hydrogen (secondary N) is 1. The van der Waals surface area contributed by atoms with Crippen LogP contribution >= 0.6 is 12.4 Å². The van der Waals surface area contributed by atoms with E-state index in [1.807, 2.05) is 0 Å². The van der Waals surface area contributed by atoms with Gasteiger partial charge < -0.3 is 15.8 Å². The van der Waals surface area contributed by atoms with Gasteiger partial charge in [-0.15, -0.1) is 12.4 Å². The predicted molar refractivity (Wildman–Crippen MR) is 62.5 cm³/mol. The lowest BCUT2D eigenvalue weighted by molar-refractivity contribution is -0.114. The highest BCUT2D eigenvalue weighted by Gasteiger charge is 2.07. The number of hydrogen-bond acceptors (Lipinski definition) is 3. The van der Waals surface area contributed by atoms with E-state index < -0.39 is 5.82 Å². The summed E-state index contributed by atoms with van der Waals surface area (Å²) in [6.45, 7) is 2.05. The van der Waals surface area contributed by atoms with Gasteiger partial charge in [-0.2, -0.15) is 0 Å². The first-order chi connectivity index (χ1) is 7.17. The molecule has 0 atom stereocenters. The van der Waals surface area contributed by atoms with Crippen molar-refractivity contribution < 1.29 is 13.9 Å². The summed E-state index contributed by atoms with van der Waals surface area (Å²) < 4.78 is 18.0. The Balaban J connectivity index is 0.00000225. The molecule has 1 aromatic rings. The number of nitrogens with two attached hydrogens (primary N) is 1. The molecule has 0 radical (unpaired) electrons. The molecule has 0 aromatic heterocycles. The number of anilines is 1. The minimum atomic E-state index is -0.413. The maximum Gasteiger partial charge on any atom is 0.238 e. The van der Waals surface area contributed by atoms with Crippen molar-refractivity contribution in [2.45, 2.75) is 6.92 Å². The fourth-order valence-corrected chi connectivity index (χ4v) is 1.08. The number of carbonyl (C=O) groups is 1. The van der Waals surface area contributed by atoms with Gasteiger partial charge in [-0.05, 0) is 19.1 Å². The van der Waals surface area contributed by atoms with E-state index in [0.29, 0.717) is 18.0 Å². The van der Waals surface area contributed by atoms with Crippen molar-refractivity contribution >= 4 is 24.0 Å². The van der Waals surface area contributed by atoms with Gasteiger partial charge in [-0.3, -0.25) is 4.79 Å². The van der Waals surface area contributed by atoms with Crippen LogP contribution in [0.15, 0.2) is 18.2 Å². The average molecular weight is 249 g/mol. The molecule has 6 heteroatoms. The second-order valence-corrected chi connectivity index (χ2v) is 2.83. The Morgan fingerprint density at radius 2 is 2.25 bits per heavy atom. The molecule has 16 heavy (non-hydrogen) atoms. The average Bonchev–Trinajstić information content (AvgIpc) is 2.22. The second-order valence-electron chi connectivity index (χ2n) is 2.83. The molecule has 4 nitrogen and oxygen atoms in total. The minimum Gasteiger partial charge on any atom is -0.492 e. The largest absolute Gasteiger partial charge is 0.492 e. The van der Waals surface area contributed by atoms with Crippen molar-refractivity contribution in [1.82, 2.24) is 0 Å². The summed E-state index contributed by atoms with van der Waals surface area (Å²) in [7, 11) is 0. The Kier molecular flexibility index (Phi) is 6.44. The number of rotatable bonds is 4. The van der Waals surface area contributed by atoms with Gasteiger partial charge in [0.05, 0.1) is 18.8 Å². The SMILES string of the molecule is CCOc1cc(F)ccc1NC(=O)CN.Cl. The zero-order valence-electron chi connectivity index (χ0n) is 8.83. The standard InChI is InChI=1S/C10H13FN2O2.ClH/c1-2-15-9-5-7(11)3-4-8(9)13-10(14)6-12;/h3-5H,2,6,12H2,1H3,(H,13,14);1H. The van der Waals surface area contributed by atoms with Crippen LogP contribution < -0.4 is 15.8 Å². The van der Waals surface area contributed by atoms with Gasteiger partial charge >= 0.3 is 0 Å². The van der Waals surface area contributed by atoms with Crippen LogP contribution in [-0.2, 0) is 4.79 Å². The van der Waals surface area contributed by atoms with E-state index in [0.717, 1.165) is 0 Å². The molecule has 0 saturated carbocycles. The van der Waals surface area contributed by atoms with E-state index >= 15 is 0 Å². The van der Waals surface area contributed by atoms with Gasteiger partial charge in [0.15, 0.2) is 0 Å². The Bertz CT molecular complexity index is 361. The van der Waals surface area contributed by atoms with Crippen LogP contribution in [0.4, 0.5) is 10.1 Å². The highest BCUT2D eigenvalue weighted by Crippen LogP contribution is 2.25. The smallest absolute Gasteiger partial charge is 0.238 e. The molecule has 0 heterocycles. The van der Waals surface area contributed by atoms with Crippen LogP contribution in [0.3, 0.4) is 0 Å². The van der Waals surface area contributed by atoms with Crippen LogP contribution in [0, 0.1) is 5.82 Å². The lowest BCUT2D eigenvalue weighted by Crippen LogP contribution is -2.22. The van der Waals surface area contributed by atoms with Crippen molar-refractivity contribution in [3.8, 4) is 5.75 Å². The zero-order chi connectivity index (χ0) is 11.3. The van der Waals surface area contributed by atoms with Crippen LogP contribution in [0.25, 0.3) is 0 Å². The van der Waals surface area contributed by atoms with Gasteiger partial charge in [-0.25, -0.2) is 4.39 Å². The molecule has 0 aliphatic rings.